The summed E-state index contributed by atoms with van der Waals surface area (Å²) in [4.78, 5) is 0. The van der Waals surface area contributed by atoms with E-state index >= 15 is 0 Å². The van der Waals surface area contributed by atoms with Crippen molar-refractivity contribution < 1.29 is 0 Å². The molecule has 0 radical (unpaired) electrons. The topological polar surface area (TPSA) is 12.0 Å². The molecule has 82 valence electrons. The molecule has 1 aliphatic heterocycles. The molecular formula is C13H18ClN. The fraction of sp³-hybridized carbons (Fsp3) is 0.538. The number of hydrogen-bond acceptors (Lipinski definition) is 1. The predicted molar refractivity (Wildman–Crippen MR) is 65.5 cm³/mol. The van der Waals surface area contributed by atoms with Crippen LogP contribution in [0.1, 0.15) is 24.0 Å². The van der Waals surface area contributed by atoms with Gasteiger partial charge in [-0.25, -0.2) is 0 Å². The minimum absolute atomic E-state index is 0.836. The fourth-order valence-corrected chi connectivity index (χ4v) is 2.46. The lowest BCUT2D eigenvalue weighted by Gasteiger charge is -2.23. The lowest BCUT2D eigenvalue weighted by Crippen LogP contribution is -2.28. The lowest BCUT2D eigenvalue weighted by molar-refractivity contribution is 0.372. The molecule has 0 aromatic heterocycles. The molecule has 0 bridgehead atoms. The number of benzene rings is 1. The summed E-state index contributed by atoms with van der Waals surface area (Å²) in [5, 5.41) is 4.30. The van der Waals surface area contributed by atoms with Crippen LogP contribution in [0.5, 0.6) is 0 Å². The van der Waals surface area contributed by atoms with Gasteiger partial charge in [0, 0.05) is 5.02 Å². The minimum Gasteiger partial charge on any atom is -0.317 e. The van der Waals surface area contributed by atoms with E-state index in [4.69, 9.17) is 11.6 Å². The second kappa shape index (κ2) is 5.00. The predicted octanol–water partition coefficient (Wildman–Crippen LogP) is 3.19. The molecule has 1 heterocycles. The quantitative estimate of drug-likeness (QED) is 0.812. The second-order valence-electron chi connectivity index (χ2n) is 4.42. The molecular weight excluding hydrogens is 206 g/mol. The highest BCUT2D eigenvalue weighted by Crippen LogP contribution is 2.24. The van der Waals surface area contributed by atoms with Crippen molar-refractivity contribution in [1.29, 1.82) is 0 Å². The highest BCUT2D eigenvalue weighted by molar-refractivity contribution is 6.31. The zero-order chi connectivity index (χ0) is 10.7. The first kappa shape index (κ1) is 11.0. The molecule has 0 unspecified atom stereocenters. The van der Waals surface area contributed by atoms with E-state index in [0.717, 1.165) is 10.9 Å². The standard InChI is InChI=1S/C13H18ClN/c1-10-12(3-2-4-13(10)14)9-11-5-7-15-8-6-11/h2-4,11,15H,5-9H2,1H3. The summed E-state index contributed by atoms with van der Waals surface area (Å²) in [5.74, 6) is 0.836. The number of halogens is 1. The van der Waals surface area contributed by atoms with Crippen LogP contribution in [0.3, 0.4) is 0 Å². The van der Waals surface area contributed by atoms with E-state index < -0.39 is 0 Å². The molecule has 0 spiro atoms. The average Bonchev–Trinajstić information content (AvgIpc) is 2.26. The number of piperidine rings is 1. The van der Waals surface area contributed by atoms with Crippen LogP contribution >= 0.6 is 11.6 Å². The van der Waals surface area contributed by atoms with Crippen LogP contribution in [0.25, 0.3) is 0 Å². The van der Waals surface area contributed by atoms with Crippen molar-refractivity contribution in [2.24, 2.45) is 5.92 Å². The highest BCUT2D eigenvalue weighted by atomic mass is 35.5. The van der Waals surface area contributed by atoms with Gasteiger partial charge in [-0.15, -0.1) is 0 Å². The summed E-state index contributed by atoms with van der Waals surface area (Å²) in [6, 6.07) is 6.25. The SMILES string of the molecule is Cc1c(Cl)cccc1CC1CCNCC1. The Morgan fingerprint density at radius 1 is 1.33 bits per heavy atom. The molecule has 1 nitrogen and oxygen atoms in total. The molecule has 0 saturated carbocycles. The van der Waals surface area contributed by atoms with Gasteiger partial charge in [0.15, 0.2) is 0 Å². The van der Waals surface area contributed by atoms with E-state index in [1.54, 1.807) is 0 Å². The Hall–Kier alpha value is -0.530. The summed E-state index contributed by atoms with van der Waals surface area (Å²) < 4.78 is 0. The molecule has 0 amide bonds. The van der Waals surface area contributed by atoms with Crippen LogP contribution in [0, 0.1) is 12.8 Å². The Bertz CT molecular complexity index is 329. The van der Waals surface area contributed by atoms with Crippen LogP contribution in [-0.4, -0.2) is 13.1 Å². The maximum atomic E-state index is 6.12. The molecule has 1 aliphatic rings. The Morgan fingerprint density at radius 3 is 2.80 bits per heavy atom. The Balaban J connectivity index is 2.06. The zero-order valence-electron chi connectivity index (χ0n) is 9.22. The summed E-state index contributed by atoms with van der Waals surface area (Å²) in [5.41, 5.74) is 2.69. The maximum Gasteiger partial charge on any atom is 0.0437 e. The second-order valence-corrected chi connectivity index (χ2v) is 4.83. The van der Waals surface area contributed by atoms with E-state index in [-0.39, 0.29) is 0 Å². The summed E-state index contributed by atoms with van der Waals surface area (Å²) in [6.07, 6.45) is 3.78. The molecule has 2 rings (SSSR count). The molecule has 1 N–H and O–H groups in total. The van der Waals surface area contributed by atoms with Crippen molar-refractivity contribution in [3.8, 4) is 0 Å². The van der Waals surface area contributed by atoms with Crippen LogP contribution in [0.2, 0.25) is 5.02 Å². The molecule has 1 saturated heterocycles. The normalized spacial score (nSPS) is 18.0. The van der Waals surface area contributed by atoms with Gasteiger partial charge in [0.2, 0.25) is 0 Å². The van der Waals surface area contributed by atoms with Gasteiger partial charge < -0.3 is 5.32 Å². The average molecular weight is 224 g/mol. The van der Waals surface area contributed by atoms with Crippen molar-refractivity contribution in [2.75, 3.05) is 13.1 Å². The van der Waals surface area contributed by atoms with E-state index in [9.17, 15) is 0 Å². The third-order valence-electron chi connectivity index (χ3n) is 3.35. The van der Waals surface area contributed by atoms with E-state index in [1.807, 2.05) is 6.07 Å². The smallest absolute Gasteiger partial charge is 0.0437 e. The third kappa shape index (κ3) is 2.73. The first-order valence-electron chi connectivity index (χ1n) is 5.72. The lowest BCUT2D eigenvalue weighted by atomic mass is 9.89. The van der Waals surface area contributed by atoms with Gasteiger partial charge in [-0.3, -0.25) is 0 Å². The zero-order valence-corrected chi connectivity index (χ0v) is 9.98. The molecule has 2 heteroatoms. The van der Waals surface area contributed by atoms with Crippen LogP contribution in [-0.2, 0) is 6.42 Å². The largest absolute Gasteiger partial charge is 0.317 e. The van der Waals surface area contributed by atoms with Crippen LogP contribution < -0.4 is 5.32 Å². The molecule has 1 aromatic rings. The van der Waals surface area contributed by atoms with Crippen LogP contribution in [0.15, 0.2) is 18.2 Å². The van der Waals surface area contributed by atoms with E-state index in [2.05, 4.69) is 24.4 Å². The Labute approximate surface area is 96.8 Å². The number of rotatable bonds is 2. The van der Waals surface area contributed by atoms with Gasteiger partial charge in [0.1, 0.15) is 0 Å². The summed E-state index contributed by atoms with van der Waals surface area (Å²) in [6.45, 7) is 4.47. The monoisotopic (exact) mass is 223 g/mol. The van der Waals surface area contributed by atoms with Gasteiger partial charge in [-0.1, -0.05) is 23.7 Å². The van der Waals surface area contributed by atoms with Gasteiger partial charge in [-0.2, -0.15) is 0 Å². The van der Waals surface area contributed by atoms with E-state index in [1.165, 1.54) is 43.5 Å². The summed E-state index contributed by atoms with van der Waals surface area (Å²) in [7, 11) is 0. The van der Waals surface area contributed by atoms with Crippen molar-refractivity contribution in [3.05, 3.63) is 34.3 Å². The third-order valence-corrected chi connectivity index (χ3v) is 3.76. The summed E-state index contributed by atoms with van der Waals surface area (Å²) >= 11 is 6.12. The van der Waals surface area contributed by atoms with Gasteiger partial charge in [-0.05, 0) is 62.4 Å². The van der Waals surface area contributed by atoms with E-state index in [0.29, 0.717) is 0 Å². The Kier molecular flexibility index (Phi) is 3.66. The molecule has 1 aromatic carbocycles. The Morgan fingerprint density at radius 2 is 2.07 bits per heavy atom. The van der Waals surface area contributed by atoms with Crippen molar-refractivity contribution >= 4 is 11.6 Å². The number of hydrogen-bond donors (Lipinski definition) is 1. The molecule has 15 heavy (non-hydrogen) atoms. The van der Waals surface area contributed by atoms with Gasteiger partial charge in [0.05, 0.1) is 0 Å². The van der Waals surface area contributed by atoms with Gasteiger partial charge in [0.25, 0.3) is 0 Å². The van der Waals surface area contributed by atoms with Gasteiger partial charge >= 0.3 is 0 Å². The molecule has 0 atom stereocenters. The van der Waals surface area contributed by atoms with Crippen molar-refractivity contribution in [2.45, 2.75) is 26.2 Å². The molecule has 0 aliphatic carbocycles. The molecule has 1 fully saturated rings. The van der Waals surface area contributed by atoms with Crippen molar-refractivity contribution in [3.63, 3.8) is 0 Å². The number of nitrogens with one attached hydrogen (secondary N) is 1. The first-order chi connectivity index (χ1) is 7.27. The van der Waals surface area contributed by atoms with Crippen molar-refractivity contribution in [1.82, 2.24) is 5.32 Å². The fourth-order valence-electron chi connectivity index (χ4n) is 2.27. The maximum absolute atomic E-state index is 6.12. The van der Waals surface area contributed by atoms with Crippen LogP contribution in [0.4, 0.5) is 0 Å². The highest BCUT2D eigenvalue weighted by Gasteiger charge is 2.14. The first-order valence-corrected chi connectivity index (χ1v) is 6.10. The minimum atomic E-state index is 0.836.